The number of hydrogen-bond acceptors (Lipinski definition) is 3. The summed E-state index contributed by atoms with van der Waals surface area (Å²) in [4.78, 5) is 31.8. The Morgan fingerprint density at radius 3 is 1.70 bits per heavy atom. The van der Waals surface area contributed by atoms with E-state index in [-0.39, 0.29) is 11.8 Å². The van der Waals surface area contributed by atoms with Gasteiger partial charge in [-0.2, -0.15) is 0 Å². The highest BCUT2D eigenvalue weighted by Gasteiger charge is 2.29. The average Bonchev–Trinajstić information content (AvgIpc) is 3.41. The van der Waals surface area contributed by atoms with E-state index in [0.29, 0.717) is 13.0 Å². The molecule has 0 spiro atoms. The van der Waals surface area contributed by atoms with Gasteiger partial charge in [0, 0.05) is 62.7 Å². The van der Waals surface area contributed by atoms with Gasteiger partial charge in [-0.3, -0.25) is 9.59 Å². The average molecular weight is 365 g/mol. The topological polar surface area (TPSA) is 43.9 Å². The minimum atomic E-state index is 0.0883. The Labute approximate surface area is 160 Å². The summed E-state index contributed by atoms with van der Waals surface area (Å²) in [6, 6.07) is 10.2. The first-order valence-corrected chi connectivity index (χ1v) is 10.0. The summed E-state index contributed by atoms with van der Waals surface area (Å²) < 4.78 is 0. The fourth-order valence-corrected chi connectivity index (χ4v) is 4.13. The highest BCUT2D eigenvalue weighted by molar-refractivity contribution is 6.00. The molecule has 4 rings (SSSR count). The van der Waals surface area contributed by atoms with Crippen molar-refractivity contribution in [2.45, 2.75) is 38.6 Å². The van der Waals surface area contributed by atoms with Crippen molar-refractivity contribution in [2.24, 2.45) is 0 Å². The molecule has 3 aliphatic heterocycles. The van der Waals surface area contributed by atoms with Gasteiger partial charge in [0.25, 0.3) is 11.8 Å². The van der Waals surface area contributed by atoms with Crippen molar-refractivity contribution in [3.63, 3.8) is 0 Å². The smallest absolute Gasteiger partial charge is 0.251 e. The zero-order chi connectivity index (χ0) is 18.6. The van der Waals surface area contributed by atoms with Crippen LogP contribution in [0.1, 0.15) is 37.7 Å². The molecule has 3 aliphatic rings. The third kappa shape index (κ3) is 4.07. The van der Waals surface area contributed by atoms with Crippen molar-refractivity contribution < 1.29 is 9.59 Å². The number of nitrogens with zero attached hydrogens (tertiary/aromatic N) is 3. The van der Waals surface area contributed by atoms with Gasteiger partial charge < -0.3 is 14.7 Å². The lowest BCUT2D eigenvalue weighted by atomic mass is 10.0. The molecule has 142 valence electrons. The van der Waals surface area contributed by atoms with Gasteiger partial charge in [-0.15, -0.1) is 0 Å². The first-order chi connectivity index (χ1) is 13.2. The van der Waals surface area contributed by atoms with Crippen molar-refractivity contribution in [1.82, 2.24) is 14.7 Å². The van der Waals surface area contributed by atoms with E-state index in [1.807, 2.05) is 45.3 Å². The Morgan fingerprint density at radius 2 is 1.22 bits per heavy atom. The lowest BCUT2D eigenvalue weighted by molar-refractivity contribution is -0.126. The number of benzene rings is 1. The summed E-state index contributed by atoms with van der Waals surface area (Å²) in [6.07, 6.45) is 8.60. The molecule has 0 saturated carbocycles. The molecule has 0 unspecified atom stereocenters. The SMILES string of the molecule is O=C(C1=CN(Cc2ccccc2)C=C(C(=O)N2CCCC2)C1)N1CCCC1. The van der Waals surface area contributed by atoms with Gasteiger partial charge in [0.05, 0.1) is 0 Å². The maximum absolute atomic E-state index is 13.0. The quantitative estimate of drug-likeness (QED) is 0.824. The molecular weight excluding hydrogens is 338 g/mol. The fourth-order valence-electron chi connectivity index (χ4n) is 4.13. The molecule has 2 fully saturated rings. The van der Waals surface area contributed by atoms with Gasteiger partial charge in [0.1, 0.15) is 0 Å². The molecule has 5 heteroatoms. The van der Waals surface area contributed by atoms with E-state index < -0.39 is 0 Å². The normalized spacial score (nSPS) is 19.9. The maximum atomic E-state index is 13.0. The lowest BCUT2D eigenvalue weighted by Crippen LogP contribution is -2.35. The van der Waals surface area contributed by atoms with Crippen LogP contribution in [0.2, 0.25) is 0 Å². The Hall–Kier alpha value is -2.56. The van der Waals surface area contributed by atoms with Crippen molar-refractivity contribution in [1.29, 1.82) is 0 Å². The van der Waals surface area contributed by atoms with E-state index in [1.165, 1.54) is 0 Å². The van der Waals surface area contributed by atoms with Crippen molar-refractivity contribution in [2.75, 3.05) is 26.2 Å². The summed E-state index contributed by atoms with van der Waals surface area (Å²) in [5.74, 6) is 0.177. The molecule has 3 heterocycles. The minimum Gasteiger partial charge on any atom is -0.349 e. The molecule has 5 nitrogen and oxygen atoms in total. The largest absolute Gasteiger partial charge is 0.349 e. The first kappa shape index (κ1) is 17.8. The van der Waals surface area contributed by atoms with Crippen LogP contribution < -0.4 is 0 Å². The van der Waals surface area contributed by atoms with Gasteiger partial charge >= 0.3 is 0 Å². The van der Waals surface area contributed by atoms with Crippen LogP contribution in [0.4, 0.5) is 0 Å². The van der Waals surface area contributed by atoms with E-state index in [2.05, 4.69) is 12.1 Å². The Kier molecular flexibility index (Phi) is 5.28. The van der Waals surface area contributed by atoms with E-state index in [0.717, 1.165) is 68.6 Å². The first-order valence-electron chi connectivity index (χ1n) is 10.0. The lowest BCUT2D eigenvalue weighted by Gasteiger charge is -2.28. The fraction of sp³-hybridized carbons (Fsp3) is 0.455. The standard InChI is InChI=1S/C22H27N3O2/c26-21(24-10-4-5-11-24)19-14-20(22(27)25-12-6-7-13-25)17-23(16-19)15-18-8-2-1-3-9-18/h1-3,8-9,16-17H,4-7,10-15H2. The van der Waals surface area contributed by atoms with Crippen molar-refractivity contribution in [3.05, 3.63) is 59.4 Å². The summed E-state index contributed by atoms with van der Waals surface area (Å²) in [6.45, 7) is 3.97. The van der Waals surface area contributed by atoms with E-state index >= 15 is 0 Å². The van der Waals surface area contributed by atoms with E-state index in [1.54, 1.807) is 0 Å². The molecule has 0 aliphatic carbocycles. The minimum absolute atomic E-state index is 0.0883. The second-order valence-electron chi connectivity index (χ2n) is 7.64. The number of rotatable bonds is 4. The van der Waals surface area contributed by atoms with Crippen molar-refractivity contribution in [3.8, 4) is 0 Å². The highest BCUT2D eigenvalue weighted by Crippen LogP contribution is 2.26. The van der Waals surface area contributed by atoms with E-state index in [4.69, 9.17) is 0 Å². The van der Waals surface area contributed by atoms with Gasteiger partial charge in [-0.25, -0.2) is 0 Å². The van der Waals surface area contributed by atoms with Crippen LogP contribution in [0.25, 0.3) is 0 Å². The second-order valence-corrected chi connectivity index (χ2v) is 7.64. The monoisotopic (exact) mass is 365 g/mol. The predicted octanol–water partition coefficient (Wildman–Crippen LogP) is 2.90. The van der Waals surface area contributed by atoms with Crippen LogP contribution >= 0.6 is 0 Å². The summed E-state index contributed by atoms with van der Waals surface area (Å²) in [7, 11) is 0. The van der Waals surface area contributed by atoms with Crippen LogP contribution in [0, 0.1) is 0 Å². The van der Waals surface area contributed by atoms with Crippen LogP contribution in [-0.4, -0.2) is 52.7 Å². The zero-order valence-electron chi connectivity index (χ0n) is 15.8. The molecule has 1 aromatic rings. The predicted molar refractivity (Wildman–Crippen MR) is 104 cm³/mol. The number of amides is 2. The van der Waals surface area contributed by atoms with Gasteiger partial charge in [0.2, 0.25) is 0 Å². The number of carbonyl (C=O) groups is 2. The molecule has 2 amide bonds. The number of likely N-dealkylation sites (tertiary alicyclic amines) is 2. The Bertz CT molecular complexity index is 713. The second kappa shape index (κ2) is 7.99. The molecule has 1 aromatic carbocycles. The number of hydrogen-bond donors (Lipinski definition) is 0. The number of carbonyl (C=O) groups excluding carboxylic acids is 2. The molecule has 2 saturated heterocycles. The third-order valence-electron chi connectivity index (χ3n) is 5.57. The maximum Gasteiger partial charge on any atom is 0.251 e. The summed E-state index contributed by atoms with van der Waals surface area (Å²) >= 11 is 0. The molecular formula is C22H27N3O2. The highest BCUT2D eigenvalue weighted by atomic mass is 16.2. The van der Waals surface area contributed by atoms with E-state index in [9.17, 15) is 9.59 Å². The van der Waals surface area contributed by atoms with Crippen molar-refractivity contribution >= 4 is 11.8 Å². The van der Waals surface area contributed by atoms with Crippen LogP contribution in [0.15, 0.2) is 53.9 Å². The molecule has 0 aromatic heterocycles. The van der Waals surface area contributed by atoms with Gasteiger partial charge in [-0.05, 0) is 31.2 Å². The van der Waals surface area contributed by atoms with Crippen LogP contribution in [0.5, 0.6) is 0 Å². The molecule has 0 N–H and O–H groups in total. The van der Waals surface area contributed by atoms with Gasteiger partial charge in [-0.1, -0.05) is 30.3 Å². The van der Waals surface area contributed by atoms with Crippen LogP contribution in [-0.2, 0) is 16.1 Å². The summed E-state index contributed by atoms with van der Waals surface area (Å²) in [5, 5.41) is 0. The Morgan fingerprint density at radius 1 is 0.741 bits per heavy atom. The zero-order valence-corrected chi connectivity index (χ0v) is 15.8. The molecule has 27 heavy (non-hydrogen) atoms. The molecule has 0 radical (unpaired) electrons. The Balaban J connectivity index is 1.57. The summed E-state index contributed by atoms with van der Waals surface area (Å²) in [5.41, 5.74) is 2.63. The van der Waals surface area contributed by atoms with Gasteiger partial charge in [0.15, 0.2) is 0 Å². The van der Waals surface area contributed by atoms with Crippen LogP contribution in [0.3, 0.4) is 0 Å². The molecule has 0 atom stereocenters. The third-order valence-corrected chi connectivity index (χ3v) is 5.57. The molecule has 0 bridgehead atoms.